The molecule has 0 aliphatic heterocycles. The number of amides is 1. The molecule has 0 aliphatic carbocycles. The van der Waals surface area contributed by atoms with Crippen LogP contribution in [0.4, 0.5) is 0 Å². The SMILES string of the molecule is NNC(=O)c1ccoc1COc1ccc(CCO)cc1. The minimum Gasteiger partial charge on any atom is -0.486 e. The van der Waals surface area contributed by atoms with E-state index in [0.29, 0.717) is 23.5 Å². The number of hydrazine groups is 1. The van der Waals surface area contributed by atoms with Gasteiger partial charge >= 0.3 is 0 Å². The number of carbonyl (C=O) groups is 1. The molecule has 0 unspecified atom stereocenters. The Hall–Kier alpha value is -2.31. The van der Waals surface area contributed by atoms with Crippen molar-refractivity contribution >= 4 is 5.91 Å². The van der Waals surface area contributed by atoms with Crippen molar-refractivity contribution in [1.82, 2.24) is 5.43 Å². The zero-order chi connectivity index (χ0) is 14.4. The molecule has 20 heavy (non-hydrogen) atoms. The summed E-state index contributed by atoms with van der Waals surface area (Å²) >= 11 is 0. The van der Waals surface area contributed by atoms with Gasteiger partial charge in [-0.3, -0.25) is 10.2 Å². The van der Waals surface area contributed by atoms with Crippen LogP contribution >= 0.6 is 0 Å². The first kappa shape index (κ1) is 14.1. The Kier molecular flexibility index (Phi) is 4.75. The van der Waals surface area contributed by atoms with Gasteiger partial charge in [0, 0.05) is 6.61 Å². The molecule has 6 heteroatoms. The highest BCUT2D eigenvalue weighted by molar-refractivity contribution is 5.94. The van der Waals surface area contributed by atoms with Crippen molar-refractivity contribution in [2.75, 3.05) is 6.61 Å². The molecule has 0 aliphatic rings. The second kappa shape index (κ2) is 6.74. The smallest absolute Gasteiger partial charge is 0.268 e. The summed E-state index contributed by atoms with van der Waals surface area (Å²) in [7, 11) is 0. The van der Waals surface area contributed by atoms with E-state index in [1.807, 2.05) is 17.6 Å². The van der Waals surface area contributed by atoms with Crippen molar-refractivity contribution in [2.24, 2.45) is 5.84 Å². The Bertz CT molecular complexity index is 563. The quantitative estimate of drug-likeness (QED) is 0.415. The molecule has 0 spiro atoms. The average molecular weight is 276 g/mol. The van der Waals surface area contributed by atoms with Gasteiger partial charge < -0.3 is 14.3 Å². The highest BCUT2D eigenvalue weighted by atomic mass is 16.5. The molecule has 1 amide bonds. The second-order valence-electron chi connectivity index (χ2n) is 4.14. The number of ether oxygens (including phenoxy) is 1. The fourth-order valence-electron chi connectivity index (χ4n) is 1.76. The summed E-state index contributed by atoms with van der Waals surface area (Å²) in [6, 6.07) is 8.89. The molecule has 6 nitrogen and oxygen atoms in total. The first-order chi connectivity index (χ1) is 9.74. The van der Waals surface area contributed by atoms with E-state index < -0.39 is 5.91 Å². The Balaban J connectivity index is 1.98. The highest BCUT2D eigenvalue weighted by Gasteiger charge is 2.13. The monoisotopic (exact) mass is 276 g/mol. The largest absolute Gasteiger partial charge is 0.486 e. The van der Waals surface area contributed by atoms with Gasteiger partial charge in [-0.2, -0.15) is 0 Å². The molecule has 0 fully saturated rings. The zero-order valence-electron chi connectivity index (χ0n) is 10.8. The van der Waals surface area contributed by atoms with Crippen molar-refractivity contribution in [3.63, 3.8) is 0 Å². The molecule has 0 radical (unpaired) electrons. The van der Waals surface area contributed by atoms with Crippen LogP contribution in [0.3, 0.4) is 0 Å². The molecule has 0 saturated heterocycles. The van der Waals surface area contributed by atoms with Crippen molar-refractivity contribution in [3.05, 3.63) is 53.5 Å². The summed E-state index contributed by atoms with van der Waals surface area (Å²) in [5, 5.41) is 8.83. The number of benzene rings is 1. The molecule has 0 bridgehead atoms. The van der Waals surface area contributed by atoms with Gasteiger partial charge in [0.25, 0.3) is 5.91 Å². The molecule has 106 valence electrons. The maximum Gasteiger partial charge on any atom is 0.268 e. The molecular formula is C14H16N2O4. The lowest BCUT2D eigenvalue weighted by atomic mass is 10.1. The minimum atomic E-state index is -0.421. The standard InChI is InChI=1S/C14H16N2O4/c15-16-14(18)12-6-8-19-13(12)9-20-11-3-1-10(2-4-11)5-7-17/h1-4,6,8,17H,5,7,9,15H2,(H,16,18). The van der Waals surface area contributed by atoms with Crippen LogP contribution in [0.1, 0.15) is 21.7 Å². The van der Waals surface area contributed by atoms with Gasteiger partial charge in [-0.15, -0.1) is 0 Å². The van der Waals surface area contributed by atoms with E-state index in [4.69, 9.17) is 20.1 Å². The van der Waals surface area contributed by atoms with Crippen molar-refractivity contribution in [1.29, 1.82) is 0 Å². The summed E-state index contributed by atoms with van der Waals surface area (Å²) in [4.78, 5) is 11.4. The van der Waals surface area contributed by atoms with Crippen molar-refractivity contribution in [3.8, 4) is 5.75 Å². The van der Waals surface area contributed by atoms with Crippen molar-refractivity contribution < 1.29 is 19.1 Å². The van der Waals surface area contributed by atoms with Gasteiger partial charge in [0.05, 0.1) is 11.8 Å². The van der Waals surface area contributed by atoms with E-state index in [9.17, 15) is 4.79 Å². The third-order valence-corrected chi connectivity index (χ3v) is 2.81. The van der Waals surface area contributed by atoms with E-state index in [2.05, 4.69) is 0 Å². The second-order valence-corrected chi connectivity index (χ2v) is 4.14. The van der Waals surface area contributed by atoms with Gasteiger partial charge in [0.2, 0.25) is 0 Å². The lowest BCUT2D eigenvalue weighted by Crippen LogP contribution is -2.30. The minimum absolute atomic E-state index is 0.115. The fourth-order valence-corrected chi connectivity index (χ4v) is 1.76. The Labute approximate surface area is 116 Å². The molecule has 1 aromatic carbocycles. The zero-order valence-corrected chi connectivity index (χ0v) is 10.8. The number of furan rings is 1. The molecule has 2 aromatic rings. The van der Waals surface area contributed by atoms with Crippen LogP contribution in [-0.4, -0.2) is 17.6 Å². The van der Waals surface area contributed by atoms with Gasteiger partial charge in [-0.05, 0) is 30.2 Å². The van der Waals surface area contributed by atoms with Crippen LogP contribution in [0.25, 0.3) is 0 Å². The lowest BCUT2D eigenvalue weighted by Gasteiger charge is -2.06. The Morgan fingerprint density at radius 1 is 1.30 bits per heavy atom. The topological polar surface area (TPSA) is 97.7 Å². The molecule has 1 heterocycles. The normalized spacial score (nSPS) is 10.3. The van der Waals surface area contributed by atoms with Gasteiger partial charge in [-0.1, -0.05) is 12.1 Å². The fraction of sp³-hybridized carbons (Fsp3) is 0.214. The van der Waals surface area contributed by atoms with Crippen LogP contribution in [-0.2, 0) is 13.0 Å². The van der Waals surface area contributed by atoms with E-state index in [-0.39, 0.29) is 13.2 Å². The molecule has 4 N–H and O–H groups in total. The van der Waals surface area contributed by atoms with E-state index in [1.54, 1.807) is 12.1 Å². The third kappa shape index (κ3) is 3.37. The van der Waals surface area contributed by atoms with Gasteiger partial charge in [-0.25, -0.2) is 5.84 Å². The first-order valence-electron chi connectivity index (χ1n) is 6.14. The van der Waals surface area contributed by atoms with Crippen LogP contribution < -0.4 is 16.0 Å². The predicted octanol–water partition coefficient (Wildman–Crippen LogP) is 0.997. The number of hydrogen-bond donors (Lipinski definition) is 3. The maximum atomic E-state index is 11.4. The maximum absolute atomic E-state index is 11.4. The number of nitrogens with two attached hydrogens (primary N) is 1. The Morgan fingerprint density at radius 2 is 2.05 bits per heavy atom. The molecule has 0 saturated carbocycles. The number of rotatable bonds is 6. The number of carbonyl (C=O) groups excluding carboxylic acids is 1. The van der Waals surface area contributed by atoms with Crippen molar-refractivity contribution in [2.45, 2.75) is 13.0 Å². The van der Waals surface area contributed by atoms with E-state index in [1.165, 1.54) is 12.3 Å². The summed E-state index contributed by atoms with van der Waals surface area (Å²) in [5.41, 5.74) is 3.43. The summed E-state index contributed by atoms with van der Waals surface area (Å²) < 4.78 is 10.7. The summed E-state index contributed by atoms with van der Waals surface area (Å²) in [5.74, 6) is 5.73. The highest BCUT2D eigenvalue weighted by Crippen LogP contribution is 2.17. The van der Waals surface area contributed by atoms with Crippen LogP contribution in [0.5, 0.6) is 5.75 Å². The lowest BCUT2D eigenvalue weighted by molar-refractivity contribution is 0.0949. The van der Waals surface area contributed by atoms with Gasteiger partial charge in [0.1, 0.15) is 12.4 Å². The molecule has 0 atom stereocenters. The number of aliphatic hydroxyl groups excluding tert-OH is 1. The van der Waals surface area contributed by atoms with Crippen LogP contribution in [0, 0.1) is 0 Å². The summed E-state index contributed by atoms with van der Waals surface area (Å²) in [6.45, 7) is 0.249. The van der Waals surface area contributed by atoms with Crippen LogP contribution in [0.15, 0.2) is 41.0 Å². The average Bonchev–Trinajstić information content (AvgIpc) is 2.94. The number of aliphatic hydroxyl groups is 1. The molecule has 1 aromatic heterocycles. The third-order valence-electron chi connectivity index (χ3n) is 2.81. The molecule has 2 rings (SSSR count). The van der Waals surface area contributed by atoms with E-state index >= 15 is 0 Å². The first-order valence-corrected chi connectivity index (χ1v) is 6.14. The number of nitrogens with one attached hydrogen (secondary N) is 1. The number of nitrogen functional groups attached to an aromatic ring is 1. The Morgan fingerprint density at radius 3 is 2.70 bits per heavy atom. The predicted molar refractivity (Wildman–Crippen MR) is 71.9 cm³/mol. The molecular weight excluding hydrogens is 260 g/mol. The van der Waals surface area contributed by atoms with Gasteiger partial charge in [0.15, 0.2) is 5.76 Å². The van der Waals surface area contributed by atoms with Crippen LogP contribution in [0.2, 0.25) is 0 Å². The van der Waals surface area contributed by atoms with E-state index in [0.717, 1.165) is 5.56 Å². The number of hydrogen-bond acceptors (Lipinski definition) is 5. The summed E-state index contributed by atoms with van der Waals surface area (Å²) in [6.07, 6.45) is 2.02.